The number of benzene rings is 1. The van der Waals surface area contributed by atoms with E-state index in [0.29, 0.717) is 12.4 Å². The molecule has 0 aliphatic rings. The molecule has 3 nitrogen and oxygen atoms in total. The molecule has 0 aliphatic carbocycles. The number of hydrogen-bond donors (Lipinski definition) is 2. The predicted octanol–water partition coefficient (Wildman–Crippen LogP) is 2.24. The minimum Gasteiger partial charge on any atom is -0.387 e. The summed E-state index contributed by atoms with van der Waals surface area (Å²) in [4.78, 5) is 4.40. The molecular formula is C12H19N3. The fraction of sp³-hybridized carbons (Fsp3) is 0.417. The van der Waals surface area contributed by atoms with Crippen LogP contribution in [0.15, 0.2) is 23.2 Å². The zero-order chi connectivity index (χ0) is 11.3. The molecule has 1 rings (SSSR count). The van der Waals surface area contributed by atoms with Crippen molar-refractivity contribution in [1.82, 2.24) is 0 Å². The van der Waals surface area contributed by atoms with E-state index in [2.05, 4.69) is 11.9 Å². The molecule has 0 saturated carbocycles. The van der Waals surface area contributed by atoms with Crippen LogP contribution in [0.2, 0.25) is 0 Å². The predicted molar refractivity (Wildman–Crippen MR) is 65.3 cm³/mol. The van der Waals surface area contributed by atoms with Gasteiger partial charge in [-0.1, -0.05) is 19.1 Å². The zero-order valence-corrected chi connectivity index (χ0v) is 9.46. The van der Waals surface area contributed by atoms with Gasteiger partial charge < -0.3 is 11.5 Å². The monoisotopic (exact) mass is 205 g/mol. The average molecular weight is 205 g/mol. The Kier molecular flexibility index (Phi) is 4.31. The maximum absolute atomic E-state index is 5.80. The third kappa shape index (κ3) is 3.06. The van der Waals surface area contributed by atoms with Crippen LogP contribution in [-0.4, -0.2) is 5.84 Å². The first-order valence-corrected chi connectivity index (χ1v) is 5.30. The molecule has 3 heteroatoms. The standard InChI is InChI=1S/C12H19N3/c1-3-5-12(14)15-11-7-4-6-10(8-13)9(11)2/h4,6-7H,3,5,8,13H2,1-2H3,(H2,14,15). The number of rotatable bonds is 4. The zero-order valence-electron chi connectivity index (χ0n) is 9.46. The first kappa shape index (κ1) is 11.7. The first-order valence-electron chi connectivity index (χ1n) is 5.30. The summed E-state index contributed by atoms with van der Waals surface area (Å²) in [7, 11) is 0. The lowest BCUT2D eigenvalue weighted by atomic mass is 10.1. The molecule has 0 heterocycles. The normalized spacial score (nSPS) is 11.8. The molecule has 0 amide bonds. The van der Waals surface area contributed by atoms with E-state index < -0.39 is 0 Å². The van der Waals surface area contributed by atoms with Crippen molar-refractivity contribution in [3.8, 4) is 0 Å². The summed E-state index contributed by atoms with van der Waals surface area (Å²) >= 11 is 0. The SMILES string of the molecule is CCCC(N)=Nc1cccc(CN)c1C. The molecule has 0 unspecified atom stereocenters. The van der Waals surface area contributed by atoms with Crippen molar-refractivity contribution in [2.24, 2.45) is 16.5 Å². The fourth-order valence-corrected chi connectivity index (χ4v) is 1.48. The van der Waals surface area contributed by atoms with Crippen LogP contribution in [0.25, 0.3) is 0 Å². The Labute approximate surface area is 91.2 Å². The summed E-state index contributed by atoms with van der Waals surface area (Å²) in [5.74, 6) is 0.690. The molecule has 0 bridgehead atoms. The highest BCUT2D eigenvalue weighted by molar-refractivity contribution is 5.83. The third-order valence-corrected chi connectivity index (χ3v) is 2.41. The van der Waals surface area contributed by atoms with E-state index in [1.54, 1.807) is 0 Å². The summed E-state index contributed by atoms with van der Waals surface area (Å²) < 4.78 is 0. The highest BCUT2D eigenvalue weighted by Gasteiger charge is 2.01. The lowest BCUT2D eigenvalue weighted by Crippen LogP contribution is -2.10. The molecule has 82 valence electrons. The third-order valence-electron chi connectivity index (χ3n) is 2.41. The van der Waals surface area contributed by atoms with Crippen molar-refractivity contribution < 1.29 is 0 Å². The van der Waals surface area contributed by atoms with Crippen molar-refractivity contribution >= 4 is 11.5 Å². The summed E-state index contributed by atoms with van der Waals surface area (Å²) in [5, 5.41) is 0. The van der Waals surface area contributed by atoms with Crippen molar-refractivity contribution in [3.63, 3.8) is 0 Å². The fourth-order valence-electron chi connectivity index (χ4n) is 1.48. The van der Waals surface area contributed by atoms with Crippen LogP contribution >= 0.6 is 0 Å². The van der Waals surface area contributed by atoms with Gasteiger partial charge in [-0.15, -0.1) is 0 Å². The molecule has 15 heavy (non-hydrogen) atoms. The van der Waals surface area contributed by atoms with Crippen LogP contribution in [0, 0.1) is 6.92 Å². The second-order valence-corrected chi connectivity index (χ2v) is 3.62. The lowest BCUT2D eigenvalue weighted by Gasteiger charge is -2.06. The van der Waals surface area contributed by atoms with Crippen LogP contribution in [0.3, 0.4) is 0 Å². The van der Waals surface area contributed by atoms with Gasteiger partial charge in [-0.05, 0) is 30.5 Å². The first-order chi connectivity index (χ1) is 7.19. The van der Waals surface area contributed by atoms with Crippen molar-refractivity contribution in [1.29, 1.82) is 0 Å². The van der Waals surface area contributed by atoms with Gasteiger partial charge >= 0.3 is 0 Å². The smallest absolute Gasteiger partial charge is 0.0996 e. The van der Waals surface area contributed by atoms with E-state index in [-0.39, 0.29) is 0 Å². The Balaban J connectivity index is 2.99. The average Bonchev–Trinajstić information content (AvgIpc) is 2.21. The molecule has 0 saturated heterocycles. The highest BCUT2D eigenvalue weighted by Crippen LogP contribution is 2.21. The minimum atomic E-state index is 0.545. The van der Waals surface area contributed by atoms with Crippen molar-refractivity contribution in [2.45, 2.75) is 33.2 Å². The van der Waals surface area contributed by atoms with E-state index in [0.717, 1.165) is 29.7 Å². The van der Waals surface area contributed by atoms with E-state index in [4.69, 9.17) is 11.5 Å². The van der Waals surface area contributed by atoms with E-state index in [1.807, 2.05) is 25.1 Å². The van der Waals surface area contributed by atoms with Gasteiger partial charge in [0.1, 0.15) is 0 Å². The van der Waals surface area contributed by atoms with Gasteiger partial charge in [0, 0.05) is 13.0 Å². The summed E-state index contributed by atoms with van der Waals surface area (Å²) in [5.41, 5.74) is 14.6. The van der Waals surface area contributed by atoms with E-state index >= 15 is 0 Å². The van der Waals surface area contributed by atoms with Gasteiger partial charge in [0.15, 0.2) is 0 Å². The highest BCUT2D eigenvalue weighted by atomic mass is 14.9. The number of hydrogen-bond acceptors (Lipinski definition) is 2. The van der Waals surface area contributed by atoms with Crippen LogP contribution in [-0.2, 0) is 6.54 Å². The maximum atomic E-state index is 5.80. The molecule has 4 N–H and O–H groups in total. The second kappa shape index (κ2) is 5.51. The topological polar surface area (TPSA) is 64.4 Å². The molecule has 1 aromatic carbocycles. The van der Waals surface area contributed by atoms with Gasteiger partial charge in [-0.25, -0.2) is 4.99 Å². The molecule has 0 atom stereocenters. The van der Waals surface area contributed by atoms with Gasteiger partial charge in [-0.2, -0.15) is 0 Å². The van der Waals surface area contributed by atoms with Crippen molar-refractivity contribution in [2.75, 3.05) is 0 Å². The number of nitrogens with two attached hydrogens (primary N) is 2. The Morgan fingerprint density at radius 1 is 1.40 bits per heavy atom. The summed E-state index contributed by atoms with van der Waals surface area (Å²) in [6.45, 7) is 4.66. The molecule has 0 spiro atoms. The van der Waals surface area contributed by atoms with Crippen molar-refractivity contribution in [3.05, 3.63) is 29.3 Å². The van der Waals surface area contributed by atoms with Gasteiger partial charge in [0.2, 0.25) is 0 Å². The van der Waals surface area contributed by atoms with Crippen LogP contribution in [0.4, 0.5) is 5.69 Å². The quantitative estimate of drug-likeness (QED) is 0.585. The molecular weight excluding hydrogens is 186 g/mol. The lowest BCUT2D eigenvalue weighted by molar-refractivity contribution is 0.981. The Morgan fingerprint density at radius 3 is 2.73 bits per heavy atom. The summed E-state index contributed by atoms with van der Waals surface area (Å²) in [6.07, 6.45) is 1.86. The summed E-state index contributed by atoms with van der Waals surface area (Å²) in [6, 6.07) is 5.95. The molecule has 1 aromatic rings. The van der Waals surface area contributed by atoms with Gasteiger partial charge in [-0.3, -0.25) is 0 Å². The molecule has 0 aliphatic heterocycles. The number of amidine groups is 1. The van der Waals surface area contributed by atoms with Gasteiger partial charge in [0.05, 0.1) is 11.5 Å². The number of nitrogens with zero attached hydrogens (tertiary/aromatic N) is 1. The Bertz CT molecular complexity index is 356. The Hall–Kier alpha value is -1.35. The Morgan fingerprint density at radius 2 is 2.13 bits per heavy atom. The second-order valence-electron chi connectivity index (χ2n) is 3.62. The van der Waals surface area contributed by atoms with E-state index in [1.165, 1.54) is 0 Å². The number of aliphatic imine (C=N–C) groups is 1. The largest absolute Gasteiger partial charge is 0.387 e. The van der Waals surface area contributed by atoms with Crippen LogP contribution in [0.5, 0.6) is 0 Å². The maximum Gasteiger partial charge on any atom is 0.0996 e. The van der Waals surface area contributed by atoms with Crippen LogP contribution < -0.4 is 11.5 Å². The molecule has 0 aromatic heterocycles. The molecule has 0 radical (unpaired) electrons. The van der Waals surface area contributed by atoms with E-state index in [9.17, 15) is 0 Å². The van der Waals surface area contributed by atoms with Crippen LogP contribution in [0.1, 0.15) is 30.9 Å². The van der Waals surface area contributed by atoms with Gasteiger partial charge in [0.25, 0.3) is 0 Å². The molecule has 0 fully saturated rings. The minimum absolute atomic E-state index is 0.545.